The van der Waals surface area contributed by atoms with Gasteiger partial charge >= 0.3 is 0 Å². The molecule has 40 heavy (non-hydrogen) atoms. The van der Waals surface area contributed by atoms with E-state index in [4.69, 9.17) is 4.74 Å². The first kappa shape index (κ1) is 29.0. The minimum absolute atomic E-state index is 0.0364. The van der Waals surface area contributed by atoms with Crippen molar-refractivity contribution < 1.29 is 27.9 Å². The highest BCUT2D eigenvalue weighted by Gasteiger charge is 2.32. The van der Waals surface area contributed by atoms with Gasteiger partial charge in [0, 0.05) is 60.7 Å². The van der Waals surface area contributed by atoms with Crippen LogP contribution in [-0.2, 0) is 25.7 Å². The fourth-order valence-corrected chi connectivity index (χ4v) is 5.36. The SMILES string of the molecule is COC1=C(C(C)C)C(=O)C=C(CNC(=O)C2CCC(CN(Cc3ccc(F)cc3F)c3cnccn3)CC2)C1=O. The maximum absolute atomic E-state index is 14.4. The molecule has 2 aromatic rings. The smallest absolute Gasteiger partial charge is 0.225 e. The summed E-state index contributed by atoms with van der Waals surface area (Å²) in [5.41, 5.74) is 0.914. The molecule has 0 saturated heterocycles. The molecule has 0 aliphatic heterocycles. The maximum atomic E-state index is 14.4. The van der Waals surface area contributed by atoms with Crippen LogP contribution in [-0.4, -0.2) is 47.6 Å². The Balaban J connectivity index is 1.33. The van der Waals surface area contributed by atoms with Crippen LogP contribution in [0.15, 0.2) is 59.8 Å². The molecule has 1 amide bonds. The van der Waals surface area contributed by atoms with Crippen molar-refractivity contribution in [3.8, 4) is 0 Å². The second kappa shape index (κ2) is 12.9. The molecule has 8 nitrogen and oxygen atoms in total. The van der Waals surface area contributed by atoms with Gasteiger partial charge in [-0.25, -0.2) is 13.8 Å². The molecule has 2 aliphatic carbocycles. The van der Waals surface area contributed by atoms with Gasteiger partial charge < -0.3 is 15.0 Å². The lowest BCUT2D eigenvalue weighted by Crippen LogP contribution is -2.38. The van der Waals surface area contributed by atoms with Crippen LogP contribution in [0, 0.1) is 29.4 Å². The van der Waals surface area contributed by atoms with Crippen molar-refractivity contribution in [1.29, 1.82) is 0 Å². The van der Waals surface area contributed by atoms with E-state index in [2.05, 4.69) is 15.3 Å². The summed E-state index contributed by atoms with van der Waals surface area (Å²) in [6.45, 7) is 4.40. The zero-order valence-corrected chi connectivity index (χ0v) is 23.0. The van der Waals surface area contributed by atoms with Gasteiger partial charge in [-0.3, -0.25) is 19.4 Å². The van der Waals surface area contributed by atoms with Gasteiger partial charge in [0.2, 0.25) is 11.7 Å². The molecule has 0 radical (unpaired) electrons. The van der Waals surface area contributed by atoms with Crippen LogP contribution in [0.1, 0.15) is 45.1 Å². The van der Waals surface area contributed by atoms with Gasteiger partial charge in [0.05, 0.1) is 13.3 Å². The van der Waals surface area contributed by atoms with E-state index in [0.29, 0.717) is 36.3 Å². The predicted octanol–water partition coefficient (Wildman–Crippen LogP) is 4.32. The number of hydrogen-bond acceptors (Lipinski definition) is 7. The molecule has 2 aliphatic rings. The van der Waals surface area contributed by atoms with E-state index in [-0.39, 0.29) is 59.6 Å². The monoisotopic (exact) mass is 552 g/mol. The Kier molecular flexibility index (Phi) is 9.39. The summed E-state index contributed by atoms with van der Waals surface area (Å²) in [6.07, 6.45) is 8.89. The third-order valence-electron chi connectivity index (χ3n) is 7.49. The molecule has 0 spiro atoms. The van der Waals surface area contributed by atoms with E-state index in [1.807, 2.05) is 18.7 Å². The van der Waals surface area contributed by atoms with E-state index in [0.717, 1.165) is 18.9 Å². The first-order valence-corrected chi connectivity index (χ1v) is 13.5. The number of aromatic nitrogens is 2. The molecule has 1 saturated carbocycles. The predicted molar refractivity (Wildman–Crippen MR) is 145 cm³/mol. The van der Waals surface area contributed by atoms with Crippen molar-refractivity contribution in [2.45, 2.75) is 46.1 Å². The van der Waals surface area contributed by atoms with Gasteiger partial charge in [-0.15, -0.1) is 0 Å². The number of anilines is 1. The zero-order valence-electron chi connectivity index (χ0n) is 23.0. The second-order valence-electron chi connectivity index (χ2n) is 10.6. The molecule has 1 heterocycles. The van der Waals surface area contributed by atoms with Crippen molar-refractivity contribution in [2.75, 3.05) is 25.1 Å². The molecule has 10 heteroatoms. The van der Waals surface area contributed by atoms with Crippen LogP contribution in [0.3, 0.4) is 0 Å². The Hall–Kier alpha value is -3.95. The van der Waals surface area contributed by atoms with Gasteiger partial charge in [0.25, 0.3) is 0 Å². The fourth-order valence-electron chi connectivity index (χ4n) is 5.36. The second-order valence-corrected chi connectivity index (χ2v) is 10.6. The first-order chi connectivity index (χ1) is 19.2. The fraction of sp³-hybridized carbons (Fsp3) is 0.433. The molecular formula is C30H34F2N4O4. The number of ether oxygens (including phenoxy) is 1. The number of benzene rings is 1. The highest BCUT2D eigenvalue weighted by molar-refractivity contribution is 6.22. The maximum Gasteiger partial charge on any atom is 0.225 e. The Labute approximate surface area is 232 Å². The van der Waals surface area contributed by atoms with Crippen LogP contribution >= 0.6 is 0 Å². The Morgan fingerprint density at radius 2 is 1.90 bits per heavy atom. The van der Waals surface area contributed by atoms with E-state index >= 15 is 0 Å². The average molecular weight is 553 g/mol. The Bertz CT molecular complexity index is 1320. The number of ketones is 2. The number of amides is 1. The normalized spacial score (nSPS) is 19.5. The number of carbonyl (C=O) groups excluding carboxylic acids is 3. The summed E-state index contributed by atoms with van der Waals surface area (Å²) in [5, 5.41) is 2.83. The molecule has 1 aromatic carbocycles. The molecule has 0 atom stereocenters. The highest BCUT2D eigenvalue weighted by Crippen LogP contribution is 2.31. The average Bonchev–Trinajstić information content (AvgIpc) is 2.94. The lowest BCUT2D eigenvalue weighted by atomic mass is 9.81. The van der Waals surface area contributed by atoms with Crippen LogP contribution in [0.2, 0.25) is 0 Å². The van der Waals surface area contributed by atoms with E-state index in [9.17, 15) is 23.2 Å². The number of nitrogens with zero attached hydrogens (tertiary/aromatic N) is 3. The van der Waals surface area contributed by atoms with Crippen LogP contribution < -0.4 is 10.2 Å². The summed E-state index contributed by atoms with van der Waals surface area (Å²) in [4.78, 5) is 48.7. The number of rotatable bonds is 10. The topological polar surface area (TPSA) is 101 Å². The minimum atomic E-state index is -0.629. The summed E-state index contributed by atoms with van der Waals surface area (Å²) < 4.78 is 33.0. The third-order valence-corrected chi connectivity index (χ3v) is 7.49. The lowest BCUT2D eigenvalue weighted by molar-refractivity contribution is -0.126. The van der Waals surface area contributed by atoms with Crippen molar-refractivity contribution in [3.63, 3.8) is 0 Å². The molecule has 1 aromatic heterocycles. The Morgan fingerprint density at radius 1 is 1.15 bits per heavy atom. The number of allylic oxidation sites excluding steroid dienone is 3. The minimum Gasteiger partial charge on any atom is -0.492 e. The van der Waals surface area contributed by atoms with Gasteiger partial charge in [-0.2, -0.15) is 0 Å². The van der Waals surface area contributed by atoms with Crippen molar-refractivity contribution in [2.24, 2.45) is 17.8 Å². The molecule has 0 unspecified atom stereocenters. The molecular weight excluding hydrogens is 518 g/mol. The van der Waals surface area contributed by atoms with E-state index < -0.39 is 11.6 Å². The molecule has 1 N–H and O–H groups in total. The number of halogens is 2. The standard InChI is InChI=1S/C30H34F2N4O4/c1-18(2)27-25(37)12-22(28(38)29(27)40-3)14-35-30(39)20-6-4-19(5-7-20)16-36(26-15-33-10-11-34-26)17-21-8-9-23(31)13-24(21)32/h8-13,15,18-20H,4-7,14,16-17H2,1-3H3,(H,35,39). The molecule has 4 rings (SSSR count). The van der Waals surface area contributed by atoms with Crippen molar-refractivity contribution in [3.05, 3.63) is 77.0 Å². The molecule has 1 fully saturated rings. The number of nitrogens with one attached hydrogen (secondary N) is 1. The van der Waals surface area contributed by atoms with E-state index in [1.54, 1.807) is 18.6 Å². The van der Waals surface area contributed by atoms with Gasteiger partial charge in [-0.1, -0.05) is 19.9 Å². The first-order valence-electron chi connectivity index (χ1n) is 13.5. The largest absolute Gasteiger partial charge is 0.492 e. The number of hydrogen-bond donors (Lipinski definition) is 1. The third kappa shape index (κ3) is 6.78. The summed E-state index contributed by atoms with van der Waals surface area (Å²) in [7, 11) is 1.37. The quantitative estimate of drug-likeness (QED) is 0.438. The molecule has 0 bridgehead atoms. The Morgan fingerprint density at radius 3 is 2.52 bits per heavy atom. The van der Waals surface area contributed by atoms with Crippen LogP contribution in [0.5, 0.6) is 0 Å². The number of methoxy groups -OCH3 is 1. The number of Topliss-reactive ketones (excluding diaryl/α,β-unsaturated/α-hetero) is 1. The van der Waals surface area contributed by atoms with Crippen LogP contribution in [0.25, 0.3) is 0 Å². The van der Waals surface area contributed by atoms with E-state index in [1.165, 1.54) is 25.3 Å². The van der Waals surface area contributed by atoms with Gasteiger partial charge in [0.1, 0.15) is 17.5 Å². The highest BCUT2D eigenvalue weighted by atomic mass is 19.1. The lowest BCUT2D eigenvalue weighted by Gasteiger charge is -2.33. The van der Waals surface area contributed by atoms with Gasteiger partial charge in [-0.05, 0) is 49.7 Å². The summed E-state index contributed by atoms with van der Waals surface area (Å²) in [6, 6.07) is 3.54. The zero-order chi connectivity index (χ0) is 28.8. The van der Waals surface area contributed by atoms with Crippen molar-refractivity contribution >= 4 is 23.3 Å². The number of carbonyl (C=O) groups is 3. The van der Waals surface area contributed by atoms with Gasteiger partial charge in [0.15, 0.2) is 11.5 Å². The summed E-state index contributed by atoms with van der Waals surface area (Å²) >= 11 is 0. The molecule has 212 valence electrons. The van der Waals surface area contributed by atoms with Crippen molar-refractivity contribution in [1.82, 2.24) is 15.3 Å². The summed E-state index contributed by atoms with van der Waals surface area (Å²) in [5.74, 6) is -1.55. The van der Waals surface area contributed by atoms with Crippen LogP contribution in [0.4, 0.5) is 14.6 Å².